The third-order valence-corrected chi connectivity index (χ3v) is 3.52. The maximum absolute atomic E-state index is 10.7. The van der Waals surface area contributed by atoms with Crippen LogP contribution in [-0.2, 0) is 0 Å². The van der Waals surface area contributed by atoms with Crippen molar-refractivity contribution in [2.75, 3.05) is 5.73 Å². The van der Waals surface area contributed by atoms with Gasteiger partial charge in [-0.1, -0.05) is 0 Å². The Bertz CT molecular complexity index is 392. The Morgan fingerprint density at radius 3 is 2.77 bits per heavy atom. The number of thioether (sulfide) groups is 1. The first kappa shape index (κ1) is 9.89. The minimum Gasteiger partial charge on any atom is -0.477 e. The summed E-state index contributed by atoms with van der Waals surface area (Å²) in [5.74, 6) is -1.00. The van der Waals surface area contributed by atoms with Crippen molar-refractivity contribution in [3.05, 3.63) is 10.4 Å². The molecule has 0 aliphatic heterocycles. The highest BCUT2D eigenvalue weighted by Crippen LogP contribution is 2.37. The van der Waals surface area contributed by atoms with Crippen molar-refractivity contribution in [2.45, 2.75) is 11.8 Å². The first-order valence-electron chi connectivity index (χ1n) is 3.26. The lowest BCUT2D eigenvalue weighted by Crippen LogP contribution is -1.94. The molecule has 1 rings (SSSR count). The van der Waals surface area contributed by atoms with E-state index < -0.39 is 5.97 Å². The van der Waals surface area contributed by atoms with E-state index in [0.717, 1.165) is 23.1 Å². The number of carboxylic acid groups (broad SMARTS) is 1. The zero-order valence-corrected chi connectivity index (χ0v) is 8.33. The van der Waals surface area contributed by atoms with E-state index in [1.54, 1.807) is 6.92 Å². The summed E-state index contributed by atoms with van der Waals surface area (Å²) in [6.45, 7) is 1.65. The molecule has 4 nitrogen and oxygen atoms in total. The fourth-order valence-corrected chi connectivity index (χ4v) is 2.47. The van der Waals surface area contributed by atoms with E-state index in [1.807, 2.05) is 5.40 Å². The van der Waals surface area contributed by atoms with E-state index in [-0.39, 0.29) is 4.88 Å². The molecule has 3 N–H and O–H groups in total. The molecule has 0 aliphatic rings. The lowest BCUT2D eigenvalue weighted by Gasteiger charge is -1.92. The van der Waals surface area contributed by atoms with Crippen LogP contribution in [0.5, 0.6) is 0 Å². The third-order valence-electron chi connectivity index (χ3n) is 1.46. The molecule has 0 saturated carbocycles. The monoisotopic (exact) mass is 214 g/mol. The molecule has 68 valence electrons. The number of rotatable bonds is 2. The van der Waals surface area contributed by atoms with Gasteiger partial charge in [-0.2, -0.15) is 5.26 Å². The van der Waals surface area contributed by atoms with Crippen molar-refractivity contribution in [1.29, 1.82) is 5.26 Å². The minimum absolute atomic E-state index is 0.204. The smallest absolute Gasteiger partial charge is 0.346 e. The van der Waals surface area contributed by atoms with Gasteiger partial charge < -0.3 is 10.8 Å². The average molecular weight is 214 g/mol. The number of carbonyl (C=O) groups is 1. The van der Waals surface area contributed by atoms with Crippen molar-refractivity contribution >= 4 is 34.1 Å². The van der Waals surface area contributed by atoms with Crippen LogP contribution < -0.4 is 5.73 Å². The van der Waals surface area contributed by atoms with Gasteiger partial charge in [-0.25, -0.2) is 4.79 Å². The fourth-order valence-electron chi connectivity index (χ4n) is 0.897. The molecule has 6 heteroatoms. The fraction of sp³-hybridized carbons (Fsp3) is 0.143. The van der Waals surface area contributed by atoms with E-state index >= 15 is 0 Å². The van der Waals surface area contributed by atoms with Crippen molar-refractivity contribution in [3.8, 4) is 5.40 Å². The highest BCUT2D eigenvalue weighted by Gasteiger charge is 2.17. The number of thiophene rings is 1. The van der Waals surface area contributed by atoms with Gasteiger partial charge in [0, 0.05) is 0 Å². The molecule has 0 atom stereocenters. The summed E-state index contributed by atoms with van der Waals surface area (Å²) < 4.78 is 0. The van der Waals surface area contributed by atoms with Crippen LogP contribution in [0.2, 0.25) is 0 Å². The molecule has 1 aromatic heterocycles. The Labute approximate surface area is 83.0 Å². The van der Waals surface area contributed by atoms with Crippen LogP contribution in [-0.4, -0.2) is 11.1 Å². The molecule has 13 heavy (non-hydrogen) atoms. The predicted molar refractivity (Wildman–Crippen MR) is 51.9 cm³/mol. The number of aromatic carboxylic acids is 1. The van der Waals surface area contributed by atoms with Gasteiger partial charge in [-0.15, -0.1) is 11.3 Å². The molecule has 0 radical (unpaired) electrons. The topological polar surface area (TPSA) is 87.1 Å². The molecular weight excluding hydrogens is 208 g/mol. The molecule has 0 bridgehead atoms. The lowest BCUT2D eigenvalue weighted by molar-refractivity contribution is 0.0701. The van der Waals surface area contributed by atoms with Gasteiger partial charge in [0.25, 0.3) is 0 Å². The van der Waals surface area contributed by atoms with E-state index in [9.17, 15) is 4.79 Å². The van der Waals surface area contributed by atoms with Crippen molar-refractivity contribution < 1.29 is 9.90 Å². The van der Waals surface area contributed by atoms with Gasteiger partial charge in [-0.3, -0.25) is 0 Å². The largest absolute Gasteiger partial charge is 0.477 e. The summed E-state index contributed by atoms with van der Waals surface area (Å²) in [5.41, 5.74) is 6.12. The molecule has 0 aliphatic carbocycles. The van der Waals surface area contributed by atoms with Crippen LogP contribution in [0.1, 0.15) is 15.2 Å². The second-order valence-corrected chi connectivity index (χ2v) is 4.10. The van der Waals surface area contributed by atoms with Crippen LogP contribution in [0.15, 0.2) is 4.90 Å². The minimum atomic E-state index is -1.00. The average Bonchev–Trinajstić information content (AvgIpc) is 2.32. The summed E-state index contributed by atoms with van der Waals surface area (Å²) in [5, 5.41) is 19.4. The van der Waals surface area contributed by atoms with Gasteiger partial charge in [-0.05, 0) is 24.2 Å². The molecular formula is C7H6N2O2S2. The van der Waals surface area contributed by atoms with Gasteiger partial charge in [0.05, 0.1) is 4.90 Å². The van der Waals surface area contributed by atoms with E-state index in [0.29, 0.717) is 15.5 Å². The molecule has 0 saturated heterocycles. The lowest BCUT2D eigenvalue weighted by atomic mass is 10.3. The molecule has 0 unspecified atom stereocenters. The maximum Gasteiger partial charge on any atom is 0.346 e. The van der Waals surface area contributed by atoms with Gasteiger partial charge in [0.15, 0.2) is 0 Å². The molecule has 0 spiro atoms. The summed E-state index contributed by atoms with van der Waals surface area (Å²) in [6.07, 6.45) is 0. The number of carboxylic acids is 1. The Morgan fingerprint density at radius 2 is 2.38 bits per heavy atom. The Morgan fingerprint density at radius 1 is 1.77 bits per heavy atom. The molecule has 1 aromatic rings. The summed E-state index contributed by atoms with van der Waals surface area (Å²) in [4.78, 5) is 11.4. The third kappa shape index (κ3) is 1.76. The van der Waals surface area contributed by atoms with Gasteiger partial charge in [0.1, 0.15) is 15.3 Å². The number of hydrogen-bond donors (Lipinski definition) is 2. The Kier molecular flexibility index (Phi) is 2.80. The first-order chi connectivity index (χ1) is 6.07. The number of anilines is 1. The highest BCUT2D eigenvalue weighted by atomic mass is 32.2. The van der Waals surface area contributed by atoms with Crippen LogP contribution in [0, 0.1) is 17.6 Å². The zero-order valence-electron chi connectivity index (χ0n) is 6.70. The van der Waals surface area contributed by atoms with E-state index in [1.165, 1.54) is 0 Å². The van der Waals surface area contributed by atoms with Gasteiger partial charge >= 0.3 is 5.97 Å². The van der Waals surface area contributed by atoms with Crippen LogP contribution in [0.25, 0.3) is 0 Å². The zero-order chi connectivity index (χ0) is 10.0. The number of nitriles is 1. The molecule has 1 heterocycles. The highest BCUT2D eigenvalue weighted by molar-refractivity contribution is 8.04. The first-order valence-corrected chi connectivity index (χ1v) is 4.89. The SMILES string of the molecule is Cc1c(C(=O)O)sc(N)c1SC#N. The second kappa shape index (κ2) is 3.68. The summed E-state index contributed by atoms with van der Waals surface area (Å²) in [7, 11) is 0. The van der Waals surface area contributed by atoms with Crippen LogP contribution in [0.4, 0.5) is 5.00 Å². The second-order valence-electron chi connectivity index (χ2n) is 2.25. The molecule has 0 fully saturated rings. The molecule has 0 amide bonds. The van der Waals surface area contributed by atoms with Crippen molar-refractivity contribution in [1.82, 2.24) is 0 Å². The van der Waals surface area contributed by atoms with Crippen LogP contribution in [0.3, 0.4) is 0 Å². The predicted octanol–water partition coefficient (Wildman–Crippen LogP) is 1.91. The standard InChI is InChI=1S/C7H6N2O2S2/c1-3-4(12-2-8)6(9)13-5(3)7(10)11/h9H2,1H3,(H,10,11). The summed E-state index contributed by atoms with van der Waals surface area (Å²) >= 11 is 1.89. The normalized spacial score (nSPS) is 9.54. The molecule has 0 aromatic carbocycles. The van der Waals surface area contributed by atoms with E-state index in [2.05, 4.69) is 0 Å². The number of nitrogens with two attached hydrogens (primary N) is 1. The number of nitrogen functional groups attached to an aromatic ring is 1. The van der Waals surface area contributed by atoms with Gasteiger partial charge in [0.2, 0.25) is 0 Å². The Balaban J connectivity index is 3.24. The Hall–Kier alpha value is -1.19. The quantitative estimate of drug-likeness (QED) is 0.580. The van der Waals surface area contributed by atoms with Crippen LogP contribution >= 0.6 is 23.1 Å². The number of hydrogen-bond acceptors (Lipinski definition) is 5. The maximum atomic E-state index is 10.7. The van der Waals surface area contributed by atoms with Crippen molar-refractivity contribution in [3.63, 3.8) is 0 Å². The number of nitrogens with zero attached hydrogens (tertiary/aromatic N) is 1. The van der Waals surface area contributed by atoms with E-state index in [4.69, 9.17) is 16.1 Å². The summed E-state index contributed by atoms with van der Waals surface area (Å²) in [6, 6.07) is 0. The number of thiocyanates is 1. The van der Waals surface area contributed by atoms with Crippen molar-refractivity contribution in [2.24, 2.45) is 0 Å².